The number of hydrogen-bond acceptors (Lipinski definition) is 7. The maximum absolute atomic E-state index is 13.8. The molecule has 0 bridgehead atoms. The van der Waals surface area contributed by atoms with Gasteiger partial charge in [0, 0.05) is 18.6 Å². The Morgan fingerprint density at radius 2 is 1.94 bits per heavy atom. The molecule has 7 nitrogen and oxygen atoms in total. The van der Waals surface area contributed by atoms with Crippen LogP contribution in [0.15, 0.2) is 66.4 Å². The first kappa shape index (κ1) is 26.4. The molecule has 1 atom stereocenters. The molecule has 3 aromatic rings. The number of methoxy groups -OCH3 is 1. The molecule has 0 unspecified atom stereocenters. The van der Waals surface area contributed by atoms with E-state index in [0.717, 1.165) is 21.3 Å². The molecular formula is C26H25Br2N3O4S. The number of rotatable bonds is 6. The van der Waals surface area contributed by atoms with Crippen molar-refractivity contribution in [1.29, 1.82) is 0 Å². The molecule has 0 N–H and O–H groups in total. The van der Waals surface area contributed by atoms with Crippen LogP contribution < -0.4 is 24.5 Å². The van der Waals surface area contributed by atoms with Gasteiger partial charge in [0.1, 0.15) is 5.75 Å². The quantitative estimate of drug-likeness (QED) is 0.376. The average molecular weight is 635 g/mol. The number of carbonyl (C=O) groups is 1. The number of carbonyl (C=O) groups excluding carboxylic acids is 1. The minimum atomic E-state index is -0.687. The van der Waals surface area contributed by atoms with Crippen molar-refractivity contribution in [3.8, 4) is 5.75 Å². The molecule has 0 saturated carbocycles. The van der Waals surface area contributed by atoms with Gasteiger partial charge < -0.3 is 14.4 Å². The number of hydrogen-bond donors (Lipinski definition) is 0. The maximum Gasteiger partial charge on any atom is 0.338 e. The Morgan fingerprint density at radius 1 is 1.19 bits per heavy atom. The summed E-state index contributed by atoms with van der Waals surface area (Å²) in [6, 6.07) is 10.8. The normalized spacial score (nSPS) is 15.4. The highest BCUT2D eigenvalue weighted by Gasteiger charge is 2.33. The predicted octanol–water partition coefficient (Wildman–Crippen LogP) is 4.40. The average Bonchev–Trinajstić information content (AvgIpc) is 3.12. The van der Waals surface area contributed by atoms with Gasteiger partial charge in [-0.05, 0) is 87.2 Å². The first-order chi connectivity index (χ1) is 17.2. The third-order valence-electron chi connectivity index (χ3n) is 5.76. The second kappa shape index (κ2) is 10.7. The molecule has 36 heavy (non-hydrogen) atoms. The second-order valence-electron chi connectivity index (χ2n) is 8.30. The molecule has 1 aliphatic heterocycles. The molecule has 2 heterocycles. The molecule has 10 heteroatoms. The van der Waals surface area contributed by atoms with Gasteiger partial charge in [-0.25, -0.2) is 9.79 Å². The molecule has 1 aliphatic rings. The minimum Gasteiger partial charge on any atom is -0.496 e. The first-order valence-corrected chi connectivity index (χ1v) is 13.6. The molecule has 2 aromatic carbocycles. The van der Waals surface area contributed by atoms with Crippen LogP contribution in [0.3, 0.4) is 0 Å². The van der Waals surface area contributed by atoms with Gasteiger partial charge in [0.15, 0.2) is 4.80 Å². The number of ether oxygens (including phenoxy) is 2. The molecule has 0 radical (unpaired) electrons. The van der Waals surface area contributed by atoms with Crippen molar-refractivity contribution in [2.75, 3.05) is 32.7 Å². The van der Waals surface area contributed by atoms with Crippen LogP contribution in [0.2, 0.25) is 0 Å². The highest BCUT2D eigenvalue weighted by atomic mass is 79.9. The number of halogens is 2. The summed E-state index contributed by atoms with van der Waals surface area (Å²) < 4.78 is 14.5. The van der Waals surface area contributed by atoms with E-state index in [9.17, 15) is 9.59 Å². The van der Waals surface area contributed by atoms with E-state index in [1.807, 2.05) is 55.4 Å². The fourth-order valence-electron chi connectivity index (χ4n) is 4.09. The number of aromatic nitrogens is 1. The summed E-state index contributed by atoms with van der Waals surface area (Å²) in [5.41, 5.74) is 3.29. The monoisotopic (exact) mass is 633 g/mol. The van der Waals surface area contributed by atoms with Gasteiger partial charge >= 0.3 is 5.97 Å². The van der Waals surface area contributed by atoms with Crippen molar-refractivity contribution in [3.63, 3.8) is 0 Å². The van der Waals surface area contributed by atoms with Crippen LogP contribution in [0.4, 0.5) is 5.69 Å². The summed E-state index contributed by atoms with van der Waals surface area (Å²) in [6.45, 7) is 3.74. The fraction of sp³-hybridized carbons (Fsp3) is 0.269. The van der Waals surface area contributed by atoms with Crippen molar-refractivity contribution in [1.82, 2.24) is 4.57 Å². The van der Waals surface area contributed by atoms with Crippen molar-refractivity contribution in [2.45, 2.75) is 19.9 Å². The van der Waals surface area contributed by atoms with Crippen LogP contribution in [-0.2, 0) is 9.53 Å². The number of fused-ring (bicyclic) bond motifs is 1. The summed E-state index contributed by atoms with van der Waals surface area (Å²) in [5.74, 6) is 0.157. The number of anilines is 1. The number of esters is 1. The van der Waals surface area contributed by atoms with E-state index in [4.69, 9.17) is 9.47 Å². The molecule has 4 rings (SSSR count). The van der Waals surface area contributed by atoms with Crippen LogP contribution >= 0.6 is 43.2 Å². The smallest absolute Gasteiger partial charge is 0.338 e. The Balaban J connectivity index is 1.93. The summed E-state index contributed by atoms with van der Waals surface area (Å²) in [6.07, 6.45) is 1.85. The standard InChI is InChI=1S/C26H25Br2N3O4S/c1-6-35-25(33)22-14(2)29-26-31(23(22)16-8-10-20(34-5)18(28)13-16)24(32)21(36-26)12-15-7-9-19(30(3)4)17(27)11-15/h7-13,23H,6H2,1-5H3/t23-/m0/s1. The topological polar surface area (TPSA) is 73.1 Å². The number of nitrogens with zero attached hydrogens (tertiary/aromatic N) is 3. The highest BCUT2D eigenvalue weighted by Crippen LogP contribution is 2.35. The zero-order valence-corrected chi connectivity index (χ0v) is 24.5. The van der Waals surface area contributed by atoms with E-state index in [1.165, 1.54) is 11.3 Å². The zero-order chi connectivity index (χ0) is 26.1. The maximum atomic E-state index is 13.8. The van der Waals surface area contributed by atoms with Gasteiger partial charge in [-0.1, -0.05) is 23.5 Å². The molecule has 0 fully saturated rings. The van der Waals surface area contributed by atoms with Crippen molar-refractivity contribution in [3.05, 3.63) is 87.4 Å². The van der Waals surface area contributed by atoms with Crippen molar-refractivity contribution in [2.24, 2.45) is 4.99 Å². The summed E-state index contributed by atoms with van der Waals surface area (Å²) in [4.78, 5) is 34.0. The Morgan fingerprint density at radius 3 is 2.56 bits per heavy atom. The van der Waals surface area contributed by atoms with Gasteiger partial charge in [0.25, 0.3) is 5.56 Å². The summed E-state index contributed by atoms with van der Waals surface area (Å²) >= 11 is 8.43. The van der Waals surface area contributed by atoms with Crippen LogP contribution in [0, 0.1) is 0 Å². The number of thiazole rings is 1. The lowest BCUT2D eigenvalue weighted by Gasteiger charge is -2.25. The van der Waals surface area contributed by atoms with Crippen LogP contribution in [0.5, 0.6) is 5.75 Å². The lowest BCUT2D eigenvalue weighted by atomic mass is 9.96. The third kappa shape index (κ3) is 4.94. The van der Waals surface area contributed by atoms with E-state index >= 15 is 0 Å². The Kier molecular flexibility index (Phi) is 7.87. The van der Waals surface area contributed by atoms with Crippen LogP contribution in [-0.4, -0.2) is 38.3 Å². The van der Waals surface area contributed by atoms with E-state index in [2.05, 4.69) is 36.9 Å². The van der Waals surface area contributed by atoms with Gasteiger partial charge in [0.05, 0.1) is 45.7 Å². The molecular weight excluding hydrogens is 610 g/mol. The van der Waals surface area contributed by atoms with Gasteiger partial charge in [0.2, 0.25) is 0 Å². The van der Waals surface area contributed by atoms with Gasteiger partial charge in [-0.15, -0.1) is 0 Å². The highest BCUT2D eigenvalue weighted by molar-refractivity contribution is 9.11. The molecule has 0 spiro atoms. The summed E-state index contributed by atoms with van der Waals surface area (Å²) in [7, 11) is 5.53. The fourth-order valence-corrected chi connectivity index (χ4v) is 6.44. The SMILES string of the molecule is CCOC(=O)C1=C(C)N=c2sc(=Cc3ccc(N(C)C)c(Br)c3)c(=O)n2[C@H]1c1ccc(OC)c(Br)c1. The largest absolute Gasteiger partial charge is 0.496 e. The predicted molar refractivity (Wildman–Crippen MR) is 150 cm³/mol. The molecule has 0 amide bonds. The molecule has 0 aliphatic carbocycles. The third-order valence-corrected chi connectivity index (χ3v) is 8.00. The van der Waals surface area contributed by atoms with Gasteiger partial charge in [-0.3, -0.25) is 9.36 Å². The van der Waals surface area contributed by atoms with Crippen LogP contribution in [0.25, 0.3) is 6.08 Å². The Labute approximate surface area is 229 Å². The Hall–Kier alpha value is -2.69. The first-order valence-electron chi connectivity index (χ1n) is 11.2. The van der Waals surface area contributed by atoms with E-state index in [1.54, 1.807) is 31.6 Å². The summed E-state index contributed by atoms with van der Waals surface area (Å²) in [5, 5.41) is 0. The second-order valence-corrected chi connectivity index (χ2v) is 11.0. The molecule has 188 valence electrons. The van der Waals surface area contributed by atoms with Gasteiger partial charge in [-0.2, -0.15) is 0 Å². The molecule has 1 aromatic heterocycles. The lowest BCUT2D eigenvalue weighted by molar-refractivity contribution is -0.139. The van der Waals surface area contributed by atoms with E-state index in [-0.39, 0.29) is 12.2 Å². The Bertz CT molecular complexity index is 1560. The minimum absolute atomic E-state index is 0.219. The number of benzene rings is 2. The van der Waals surface area contributed by atoms with Crippen molar-refractivity contribution < 1.29 is 14.3 Å². The zero-order valence-electron chi connectivity index (χ0n) is 20.5. The van der Waals surface area contributed by atoms with E-state index in [0.29, 0.717) is 30.8 Å². The van der Waals surface area contributed by atoms with Crippen LogP contribution in [0.1, 0.15) is 31.0 Å². The van der Waals surface area contributed by atoms with E-state index < -0.39 is 12.0 Å². The molecule has 0 saturated heterocycles. The lowest BCUT2D eigenvalue weighted by Crippen LogP contribution is -2.40. The number of allylic oxidation sites excluding steroid dienone is 1. The van der Waals surface area contributed by atoms with Crippen molar-refractivity contribution >= 4 is 60.9 Å².